The summed E-state index contributed by atoms with van der Waals surface area (Å²) in [7, 11) is -4.09. The Morgan fingerprint density at radius 2 is 2.07 bits per heavy atom. The number of imidazole rings is 1. The Hall–Kier alpha value is -3.47. The Kier molecular flexibility index (Phi) is 9.60. The smallest absolute Gasteiger partial charge is 0.380 e. The molecule has 4 rings (SSSR count). The van der Waals surface area contributed by atoms with Gasteiger partial charge in [-0.15, -0.1) is 0 Å². The van der Waals surface area contributed by atoms with Crippen molar-refractivity contribution >= 4 is 42.3 Å². The minimum absolute atomic E-state index is 0.0299. The molecular formula is C26H30ClFN5O8P. The lowest BCUT2D eigenvalue weighted by atomic mass is 9.99. The van der Waals surface area contributed by atoms with Gasteiger partial charge in [0.05, 0.1) is 31.1 Å². The van der Waals surface area contributed by atoms with Crippen molar-refractivity contribution in [1.82, 2.24) is 19.5 Å². The summed E-state index contributed by atoms with van der Waals surface area (Å²) in [4.78, 5) is 33.2. The number of alkyl halides is 2. The predicted octanol–water partition coefficient (Wildman–Crippen LogP) is 2.79. The maximum Gasteiger partial charge on any atom is 0.380 e. The molecule has 3 aromatic rings. The monoisotopic (exact) mass is 625 g/mol. The summed E-state index contributed by atoms with van der Waals surface area (Å²) in [5.74, 6) is 3.20. The Labute approximate surface area is 245 Å². The zero-order valence-electron chi connectivity index (χ0n) is 22.9. The Bertz CT molecular complexity index is 1590. The molecule has 6 atom stereocenters. The number of aliphatic hydroxyl groups excluding tert-OH is 1. The number of benzene rings is 1. The van der Waals surface area contributed by atoms with Crippen LogP contribution in [0.2, 0.25) is 0 Å². The standard InChI is InChI=1S/C26H30ClFN5O8P/c1-15(2)39-23(36)16(3)13-42(37,41-17-8-5-4-6-9-17)38-12-18-20(34)26(27,10-7-11-28)24(40-18)33-14-30-19-21(33)31-25(29)32-22(19)35/h4-6,8-9,14-16,18,20,24,34H,11-13H2,1-3H3,(H3,29,31,32,35)/t16-,18-,20+,24-,26?,42+/m1/s1. The van der Waals surface area contributed by atoms with E-state index in [1.807, 2.05) is 0 Å². The number of aliphatic hydroxyl groups is 1. The number of para-hydroxylation sites is 1. The first-order valence-electron chi connectivity index (χ1n) is 12.9. The van der Waals surface area contributed by atoms with Crippen molar-refractivity contribution in [3.8, 4) is 17.6 Å². The Balaban J connectivity index is 1.63. The topological polar surface area (TPSA) is 181 Å². The van der Waals surface area contributed by atoms with Crippen LogP contribution < -0.4 is 15.8 Å². The summed E-state index contributed by atoms with van der Waals surface area (Å²) in [6, 6.07) is 8.18. The predicted molar refractivity (Wildman–Crippen MR) is 151 cm³/mol. The molecule has 0 aliphatic carbocycles. The van der Waals surface area contributed by atoms with E-state index < -0.39 is 67.7 Å². The third-order valence-electron chi connectivity index (χ3n) is 6.17. The van der Waals surface area contributed by atoms with E-state index in [0.29, 0.717) is 0 Å². The van der Waals surface area contributed by atoms with Crippen LogP contribution in [0.4, 0.5) is 10.3 Å². The molecule has 226 valence electrons. The minimum atomic E-state index is -4.09. The molecule has 0 bridgehead atoms. The highest BCUT2D eigenvalue weighted by Gasteiger charge is 2.56. The van der Waals surface area contributed by atoms with Crippen molar-refractivity contribution in [1.29, 1.82) is 0 Å². The molecule has 0 spiro atoms. The molecule has 0 radical (unpaired) electrons. The number of nitrogens with one attached hydrogen (secondary N) is 1. The lowest BCUT2D eigenvalue weighted by molar-refractivity contribution is -0.151. The summed E-state index contributed by atoms with van der Waals surface area (Å²) in [6.07, 6.45) is -3.85. The normalized spacial score (nSPS) is 24.1. The Morgan fingerprint density at radius 1 is 1.36 bits per heavy atom. The van der Waals surface area contributed by atoms with Crippen molar-refractivity contribution in [3.63, 3.8) is 0 Å². The van der Waals surface area contributed by atoms with Crippen molar-refractivity contribution < 1.29 is 37.4 Å². The van der Waals surface area contributed by atoms with E-state index in [1.54, 1.807) is 44.2 Å². The zero-order valence-corrected chi connectivity index (χ0v) is 24.5. The van der Waals surface area contributed by atoms with Gasteiger partial charge >= 0.3 is 13.6 Å². The van der Waals surface area contributed by atoms with Gasteiger partial charge in [0.2, 0.25) is 5.95 Å². The van der Waals surface area contributed by atoms with Gasteiger partial charge in [-0.3, -0.25) is 23.7 Å². The second-order valence-electron chi connectivity index (χ2n) is 9.83. The summed E-state index contributed by atoms with van der Waals surface area (Å²) in [5.41, 5.74) is 4.94. The first-order valence-corrected chi connectivity index (χ1v) is 15.0. The van der Waals surface area contributed by atoms with E-state index in [-0.39, 0.29) is 29.0 Å². The zero-order chi connectivity index (χ0) is 30.7. The molecular weight excluding hydrogens is 596 g/mol. The molecule has 0 saturated carbocycles. The molecule has 3 heterocycles. The number of nitrogen functional groups attached to an aromatic ring is 1. The Morgan fingerprint density at radius 3 is 2.74 bits per heavy atom. The molecule has 42 heavy (non-hydrogen) atoms. The highest BCUT2D eigenvalue weighted by molar-refractivity contribution is 7.54. The third kappa shape index (κ3) is 6.77. The summed E-state index contributed by atoms with van der Waals surface area (Å²) in [6.45, 7) is 3.28. The maximum atomic E-state index is 14.0. The van der Waals surface area contributed by atoms with Crippen LogP contribution in [0.3, 0.4) is 0 Å². The number of hydrogen-bond acceptors (Lipinski definition) is 11. The third-order valence-corrected chi connectivity index (χ3v) is 8.70. The van der Waals surface area contributed by atoms with E-state index in [9.17, 15) is 23.7 Å². The fourth-order valence-corrected chi connectivity index (χ4v) is 6.51. The molecule has 1 aromatic carbocycles. The molecule has 1 aliphatic heterocycles. The SMILES string of the molecule is CC(C)OC(=O)[C@H](C)C[P@](=O)(OC[C@H]1O[C@@H](n2cnc3c(=O)[nH]c(N)nc32)C(Cl)(C#CCF)[C@H]1O)Oc1ccccc1. The van der Waals surface area contributed by atoms with Crippen molar-refractivity contribution in [2.75, 3.05) is 25.2 Å². The number of halogens is 2. The molecule has 13 nitrogen and oxygen atoms in total. The summed E-state index contributed by atoms with van der Waals surface area (Å²) >= 11 is 6.76. The van der Waals surface area contributed by atoms with Gasteiger partial charge in [-0.05, 0) is 26.0 Å². The molecule has 1 saturated heterocycles. The van der Waals surface area contributed by atoms with Gasteiger partial charge in [0, 0.05) is 0 Å². The van der Waals surface area contributed by atoms with Gasteiger partial charge in [0.25, 0.3) is 5.56 Å². The molecule has 1 fully saturated rings. The number of hydrogen-bond donors (Lipinski definition) is 3. The van der Waals surface area contributed by atoms with Gasteiger partial charge < -0.3 is 24.8 Å². The van der Waals surface area contributed by atoms with Crippen LogP contribution in [0.25, 0.3) is 11.2 Å². The minimum Gasteiger partial charge on any atom is -0.463 e. The fraction of sp³-hybridized carbons (Fsp3) is 0.462. The highest BCUT2D eigenvalue weighted by Crippen LogP contribution is 2.52. The number of rotatable bonds is 10. The molecule has 1 aliphatic rings. The largest absolute Gasteiger partial charge is 0.463 e. The number of carbonyl (C=O) groups is 1. The molecule has 4 N–H and O–H groups in total. The van der Waals surface area contributed by atoms with Gasteiger partial charge in [0.1, 0.15) is 24.6 Å². The van der Waals surface area contributed by atoms with Crippen molar-refractivity contribution in [2.45, 2.75) is 50.2 Å². The number of nitrogens with two attached hydrogens (primary N) is 1. The fourth-order valence-electron chi connectivity index (χ4n) is 4.28. The molecule has 0 amide bonds. The van der Waals surface area contributed by atoms with Crippen LogP contribution in [-0.2, 0) is 23.4 Å². The van der Waals surface area contributed by atoms with Crippen LogP contribution in [0.5, 0.6) is 5.75 Å². The van der Waals surface area contributed by atoms with Crippen LogP contribution in [-0.4, -0.2) is 73.2 Å². The summed E-state index contributed by atoms with van der Waals surface area (Å²) in [5, 5.41) is 11.2. The number of aromatic nitrogens is 4. The lowest BCUT2D eigenvalue weighted by Gasteiger charge is -2.26. The number of fused-ring (bicyclic) bond motifs is 1. The van der Waals surface area contributed by atoms with Crippen LogP contribution in [0, 0.1) is 17.8 Å². The van der Waals surface area contributed by atoms with Gasteiger partial charge in [-0.1, -0.05) is 48.6 Å². The van der Waals surface area contributed by atoms with E-state index >= 15 is 0 Å². The average molecular weight is 626 g/mol. The first-order chi connectivity index (χ1) is 19.9. The lowest BCUT2D eigenvalue weighted by Crippen LogP contribution is -2.41. The molecule has 1 unspecified atom stereocenters. The van der Waals surface area contributed by atoms with Crippen LogP contribution in [0.1, 0.15) is 27.0 Å². The number of nitrogens with zero attached hydrogens (tertiary/aromatic N) is 3. The van der Waals surface area contributed by atoms with E-state index in [4.69, 9.17) is 35.9 Å². The number of ether oxygens (including phenoxy) is 2. The number of carbonyl (C=O) groups excluding carboxylic acids is 1. The first kappa shape index (κ1) is 31.5. The van der Waals surface area contributed by atoms with E-state index in [2.05, 4.69) is 26.8 Å². The summed E-state index contributed by atoms with van der Waals surface area (Å²) < 4.78 is 51.0. The number of anilines is 1. The van der Waals surface area contributed by atoms with Crippen LogP contribution >= 0.6 is 19.2 Å². The second-order valence-corrected chi connectivity index (χ2v) is 12.5. The van der Waals surface area contributed by atoms with Crippen molar-refractivity contribution in [2.24, 2.45) is 5.92 Å². The van der Waals surface area contributed by atoms with Crippen LogP contribution in [0.15, 0.2) is 41.5 Å². The van der Waals surface area contributed by atoms with Crippen molar-refractivity contribution in [3.05, 3.63) is 47.0 Å². The number of esters is 1. The highest BCUT2D eigenvalue weighted by atomic mass is 35.5. The number of H-pyrrole nitrogens is 1. The van der Waals surface area contributed by atoms with Gasteiger partial charge in [-0.25, -0.2) is 13.9 Å². The van der Waals surface area contributed by atoms with Gasteiger partial charge in [-0.2, -0.15) is 4.98 Å². The quantitative estimate of drug-likeness (QED) is 0.130. The molecule has 2 aromatic heterocycles. The number of aromatic amines is 1. The molecule has 16 heteroatoms. The van der Waals surface area contributed by atoms with E-state index in [0.717, 1.165) is 0 Å². The second kappa shape index (κ2) is 12.8. The van der Waals surface area contributed by atoms with E-state index in [1.165, 1.54) is 17.8 Å². The maximum absolute atomic E-state index is 14.0. The van der Waals surface area contributed by atoms with Gasteiger partial charge in [0.15, 0.2) is 22.3 Å². The average Bonchev–Trinajstić information content (AvgIpc) is 3.45.